The van der Waals surface area contributed by atoms with E-state index in [-0.39, 0.29) is 34.6 Å². The number of methoxy groups -OCH3 is 1. The van der Waals surface area contributed by atoms with Crippen LogP contribution in [0.2, 0.25) is 0 Å². The molecule has 0 aromatic heterocycles. The summed E-state index contributed by atoms with van der Waals surface area (Å²) < 4.78 is 46.7. The lowest BCUT2D eigenvalue weighted by Crippen LogP contribution is -2.41. The predicted octanol–water partition coefficient (Wildman–Crippen LogP) is 3.59. The number of hydrogen-bond donors (Lipinski definition) is 3. The van der Waals surface area contributed by atoms with Gasteiger partial charge in [0.25, 0.3) is 0 Å². The minimum absolute atomic E-state index is 0.0584. The second-order valence-corrected chi connectivity index (χ2v) is 9.78. The van der Waals surface area contributed by atoms with Crippen molar-refractivity contribution in [2.75, 3.05) is 19.5 Å². The van der Waals surface area contributed by atoms with Crippen molar-refractivity contribution in [2.45, 2.75) is 49.6 Å². The van der Waals surface area contributed by atoms with E-state index in [0.29, 0.717) is 37.1 Å². The van der Waals surface area contributed by atoms with Crippen LogP contribution in [0.4, 0.5) is 10.1 Å². The molecule has 0 aliphatic heterocycles. The predicted molar refractivity (Wildman–Crippen MR) is 122 cm³/mol. The summed E-state index contributed by atoms with van der Waals surface area (Å²) in [5.74, 6) is 0.0187. The van der Waals surface area contributed by atoms with Gasteiger partial charge in [0.1, 0.15) is 11.6 Å². The fraction of sp³-hybridized carbons (Fsp3) is 0.435. The molecular weight excluding hydrogens is 433 g/mol. The van der Waals surface area contributed by atoms with Crippen LogP contribution in [-0.4, -0.2) is 34.5 Å². The van der Waals surface area contributed by atoms with Crippen molar-refractivity contribution in [1.29, 1.82) is 0 Å². The molecule has 0 radical (unpaired) electrons. The zero-order valence-corrected chi connectivity index (χ0v) is 19.3. The number of ether oxygens (including phenoxy) is 1. The van der Waals surface area contributed by atoms with Crippen molar-refractivity contribution < 1.29 is 22.3 Å². The second kappa shape index (κ2) is 10.3. The molecule has 2 aromatic carbocycles. The lowest BCUT2D eigenvalue weighted by Gasteiger charge is -2.29. The standard InChI is InChI=1S/C23H30FN3O4S/c1-15(16-4-8-18(24)9-5-16)26-23(28)17-6-10-19(11-7-17)27-32(29,30)20-12-13-22(31-3)21(14-20)25-2/h4-5,8-9,12-15,17,19,25,27H,6-7,10-11H2,1-3H3,(H,26,28)/t15-,17-,19-/m1/s1. The van der Waals surface area contributed by atoms with E-state index < -0.39 is 10.0 Å². The number of anilines is 1. The van der Waals surface area contributed by atoms with Gasteiger partial charge in [-0.2, -0.15) is 0 Å². The van der Waals surface area contributed by atoms with Crippen molar-refractivity contribution in [3.63, 3.8) is 0 Å². The van der Waals surface area contributed by atoms with Crippen LogP contribution in [0, 0.1) is 11.7 Å². The first-order valence-corrected chi connectivity index (χ1v) is 12.2. The molecule has 174 valence electrons. The Morgan fingerprint density at radius 1 is 1.09 bits per heavy atom. The Bertz CT molecular complexity index is 1040. The van der Waals surface area contributed by atoms with Crippen LogP contribution in [0.15, 0.2) is 47.4 Å². The third kappa shape index (κ3) is 5.77. The van der Waals surface area contributed by atoms with Gasteiger partial charge in [-0.1, -0.05) is 12.1 Å². The summed E-state index contributed by atoms with van der Waals surface area (Å²) in [6.45, 7) is 1.86. The Morgan fingerprint density at radius 3 is 2.34 bits per heavy atom. The molecule has 1 atom stereocenters. The second-order valence-electron chi connectivity index (χ2n) is 8.06. The summed E-state index contributed by atoms with van der Waals surface area (Å²) in [4.78, 5) is 12.8. The summed E-state index contributed by atoms with van der Waals surface area (Å²) in [5, 5.41) is 5.91. The lowest BCUT2D eigenvalue weighted by atomic mass is 9.85. The highest BCUT2D eigenvalue weighted by Crippen LogP contribution is 2.29. The first-order valence-electron chi connectivity index (χ1n) is 10.7. The number of carbonyl (C=O) groups is 1. The maximum atomic E-state index is 13.1. The van der Waals surface area contributed by atoms with Gasteiger partial charge >= 0.3 is 0 Å². The van der Waals surface area contributed by atoms with Gasteiger partial charge in [-0.15, -0.1) is 0 Å². The first-order chi connectivity index (χ1) is 15.2. The number of hydrogen-bond acceptors (Lipinski definition) is 5. The molecule has 3 N–H and O–H groups in total. The van der Waals surface area contributed by atoms with Crippen LogP contribution in [0.25, 0.3) is 0 Å². The van der Waals surface area contributed by atoms with E-state index in [1.807, 2.05) is 6.92 Å². The van der Waals surface area contributed by atoms with Gasteiger partial charge in [0.15, 0.2) is 0 Å². The molecule has 9 heteroatoms. The maximum absolute atomic E-state index is 13.1. The molecule has 32 heavy (non-hydrogen) atoms. The van der Waals surface area contributed by atoms with Gasteiger partial charge < -0.3 is 15.4 Å². The molecule has 1 aliphatic carbocycles. The minimum Gasteiger partial charge on any atom is -0.495 e. The summed E-state index contributed by atoms with van der Waals surface area (Å²) in [7, 11) is -0.466. The van der Waals surface area contributed by atoms with Crippen molar-refractivity contribution in [1.82, 2.24) is 10.0 Å². The van der Waals surface area contributed by atoms with Crippen LogP contribution in [0.3, 0.4) is 0 Å². The third-order valence-electron chi connectivity index (χ3n) is 5.90. The number of benzene rings is 2. The summed E-state index contributed by atoms with van der Waals surface area (Å²) in [6.07, 6.45) is 2.35. The molecule has 2 aromatic rings. The topological polar surface area (TPSA) is 96.5 Å². The summed E-state index contributed by atoms with van der Waals surface area (Å²) in [5.41, 5.74) is 1.42. The molecule has 0 heterocycles. The van der Waals surface area contributed by atoms with Crippen molar-refractivity contribution >= 4 is 21.6 Å². The highest BCUT2D eigenvalue weighted by molar-refractivity contribution is 7.89. The van der Waals surface area contributed by atoms with Gasteiger partial charge in [-0.05, 0) is 68.5 Å². The number of nitrogens with one attached hydrogen (secondary N) is 3. The lowest BCUT2D eigenvalue weighted by molar-refractivity contribution is -0.126. The Balaban J connectivity index is 1.55. The Labute approximate surface area is 188 Å². The van der Waals surface area contributed by atoms with Crippen molar-refractivity contribution in [2.24, 2.45) is 5.92 Å². The number of sulfonamides is 1. The minimum atomic E-state index is -3.69. The van der Waals surface area contributed by atoms with E-state index in [1.54, 1.807) is 25.2 Å². The van der Waals surface area contributed by atoms with Gasteiger partial charge in [-0.25, -0.2) is 17.5 Å². The van der Waals surface area contributed by atoms with Gasteiger partial charge in [0, 0.05) is 19.0 Å². The van der Waals surface area contributed by atoms with Crippen molar-refractivity contribution in [3.8, 4) is 5.75 Å². The molecular formula is C23H30FN3O4S. The van der Waals surface area contributed by atoms with E-state index in [2.05, 4.69) is 15.4 Å². The zero-order chi connectivity index (χ0) is 23.3. The normalized spacial score (nSPS) is 19.8. The fourth-order valence-corrected chi connectivity index (χ4v) is 5.31. The van der Waals surface area contributed by atoms with Gasteiger partial charge in [0.05, 0.1) is 23.7 Å². The first kappa shape index (κ1) is 24.0. The van der Waals surface area contributed by atoms with E-state index >= 15 is 0 Å². The molecule has 0 saturated heterocycles. The van der Waals surface area contributed by atoms with E-state index in [4.69, 9.17) is 4.74 Å². The highest BCUT2D eigenvalue weighted by Gasteiger charge is 2.30. The van der Waals surface area contributed by atoms with Gasteiger partial charge in [0.2, 0.25) is 15.9 Å². The highest BCUT2D eigenvalue weighted by atomic mass is 32.2. The number of halogens is 1. The van der Waals surface area contributed by atoms with E-state index in [9.17, 15) is 17.6 Å². The molecule has 1 aliphatic rings. The molecule has 7 nitrogen and oxygen atoms in total. The van der Waals surface area contributed by atoms with Crippen LogP contribution < -0.4 is 20.1 Å². The fourth-order valence-electron chi connectivity index (χ4n) is 3.98. The largest absolute Gasteiger partial charge is 0.495 e. The zero-order valence-electron chi connectivity index (χ0n) is 18.5. The summed E-state index contributed by atoms with van der Waals surface area (Å²) >= 11 is 0. The maximum Gasteiger partial charge on any atom is 0.240 e. The van der Waals surface area contributed by atoms with E-state index in [0.717, 1.165) is 5.56 Å². The molecule has 1 fully saturated rings. The molecule has 0 unspecified atom stereocenters. The monoisotopic (exact) mass is 463 g/mol. The van der Waals surface area contributed by atoms with Crippen LogP contribution in [0.5, 0.6) is 5.75 Å². The Morgan fingerprint density at radius 2 is 1.75 bits per heavy atom. The quantitative estimate of drug-likeness (QED) is 0.556. The average molecular weight is 464 g/mol. The van der Waals surface area contributed by atoms with Crippen LogP contribution in [-0.2, 0) is 14.8 Å². The third-order valence-corrected chi connectivity index (χ3v) is 7.42. The molecule has 1 amide bonds. The molecule has 1 saturated carbocycles. The van der Waals surface area contributed by atoms with Crippen LogP contribution >= 0.6 is 0 Å². The van der Waals surface area contributed by atoms with Crippen LogP contribution in [0.1, 0.15) is 44.2 Å². The Hall–Kier alpha value is -2.65. The Kier molecular flexibility index (Phi) is 7.73. The van der Waals surface area contributed by atoms with Crippen molar-refractivity contribution in [3.05, 3.63) is 53.8 Å². The molecule has 0 spiro atoms. The summed E-state index contributed by atoms with van der Waals surface area (Å²) in [6, 6.07) is 10.3. The average Bonchev–Trinajstić information content (AvgIpc) is 2.79. The number of amides is 1. The van der Waals surface area contributed by atoms with Gasteiger partial charge in [-0.3, -0.25) is 4.79 Å². The smallest absolute Gasteiger partial charge is 0.240 e. The number of carbonyl (C=O) groups excluding carboxylic acids is 1. The molecule has 0 bridgehead atoms. The molecule has 3 rings (SSSR count). The SMILES string of the molecule is CNc1cc(S(=O)(=O)N[C@H]2CC[C@H](C(=O)N[C@H](C)c3ccc(F)cc3)CC2)ccc1OC. The van der Waals surface area contributed by atoms with E-state index in [1.165, 1.54) is 31.4 Å². The number of rotatable bonds is 8.